The first-order valence-electron chi connectivity index (χ1n) is 7.15. The molecule has 3 rings (SSSR count). The smallest absolute Gasteiger partial charge is 0.185 e. The average Bonchev–Trinajstić information content (AvgIpc) is 3.07. The molecular formula is C17H17N5S. The Morgan fingerprint density at radius 3 is 2.48 bits per heavy atom. The van der Waals surface area contributed by atoms with Crippen molar-refractivity contribution in [1.82, 2.24) is 9.97 Å². The van der Waals surface area contributed by atoms with Crippen molar-refractivity contribution in [3.05, 3.63) is 59.7 Å². The molecule has 0 bridgehead atoms. The first-order chi connectivity index (χ1) is 11.2. The number of hydrogen-bond acceptors (Lipinski definition) is 6. The van der Waals surface area contributed by atoms with E-state index in [1.807, 2.05) is 55.4 Å². The number of rotatable bonds is 5. The molecule has 0 aliphatic rings. The van der Waals surface area contributed by atoms with E-state index in [0.29, 0.717) is 0 Å². The third kappa shape index (κ3) is 3.92. The summed E-state index contributed by atoms with van der Waals surface area (Å²) in [6.07, 6.45) is 5.25. The van der Waals surface area contributed by atoms with Gasteiger partial charge in [0, 0.05) is 37.4 Å². The van der Waals surface area contributed by atoms with Gasteiger partial charge in [0.15, 0.2) is 5.13 Å². The Kier molecular flexibility index (Phi) is 4.63. The molecule has 3 aromatic rings. The van der Waals surface area contributed by atoms with Gasteiger partial charge in [-0.15, -0.1) is 11.3 Å². The highest BCUT2D eigenvalue weighted by molar-refractivity contribution is 7.14. The highest BCUT2D eigenvalue weighted by atomic mass is 32.1. The highest BCUT2D eigenvalue weighted by Gasteiger charge is 2.05. The molecule has 1 N–H and O–H groups in total. The van der Waals surface area contributed by atoms with Crippen LogP contribution in [-0.4, -0.2) is 30.3 Å². The van der Waals surface area contributed by atoms with E-state index in [1.165, 1.54) is 0 Å². The SMILES string of the molecule is CN(C)c1nc(-c2ccc(NN=Cc3ccncc3)cc2)cs1. The number of nitrogens with one attached hydrogen (secondary N) is 1. The van der Waals surface area contributed by atoms with E-state index in [9.17, 15) is 0 Å². The molecule has 0 atom stereocenters. The van der Waals surface area contributed by atoms with Crippen molar-refractivity contribution in [3.63, 3.8) is 0 Å². The number of thiazole rings is 1. The fraction of sp³-hybridized carbons (Fsp3) is 0.118. The molecule has 0 fully saturated rings. The van der Waals surface area contributed by atoms with E-state index >= 15 is 0 Å². The molecule has 0 saturated carbocycles. The van der Waals surface area contributed by atoms with Crippen LogP contribution >= 0.6 is 11.3 Å². The molecule has 0 saturated heterocycles. The maximum atomic E-state index is 4.60. The standard InChI is InChI=1S/C17H17N5S/c1-22(2)17-20-16(12-23-17)14-3-5-15(6-4-14)21-19-11-13-7-9-18-10-8-13/h3-12,21H,1-2H3. The Morgan fingerprint density at radius 1 is 1.09 bits per heavy atom. The molecule has 6 heteroatoms. The first kappa shape index (κ1) is 15.2. The predicted octanol–water partition coefficient (Wildman–Crippen LogP) is 3.72. The molecule has 0 aliphatic carbocycles. The fourth-order valence-corrected chi connectivity index (χ4v) is 2.72. The minimum atomic E-state index is 0.933. The molecular weight excluding hydrogens is 306 g/mol. The van der Waals surface area contributed by atoms with Crippen LogP contribution < -0.4 is 10.3 Å². The van der Waals surface area contributed by atoms with Gasteiger partial charge in [0.2, 0.25) is 0 Å². The van der Waals surface area contributed by atoms with Crippen molar-refractivity contribution in [3.8, 4) is 11.3 Å². The van der Waals surface area contributed by atoms with Gasteiger partial charge in [0.1, 0.15) is 0 Å². The number of nitrogens with zero attached hydrogens (tertiary/aromatic N) is 4. The summed E-state index contributed by atoms with van der Waals surface area (Å²) in [6.45, 7) is 0. The quantitative estimate of drug-likeness (QED) is 0.574. The van der Waals surface area contributed by atoms with Gasteiger partial charge in [-0.1, -0.05) is 12.1 Å². The maximum absolute atomic E-state index is 4.60. The predicted molar refractivity (Wildman–Crippen MR) is 97.3 cm³/mol. The number of aromatic nitrogens is 2. The number of benzene rings is 1. The highest BCUT2D eigenvalue weighted by Crippen LogP contribution is 2.27. The van der Waals surface area contributed by atoms with Crippen molar-refractivity contribution in [2.75, 3.05) is 24.4 Å². The van der Waals surface area contributed by atoms with Gasteiger partial charge in [-0.25, -0.2) is 4.98 Å². The van der Waals surface area contributed by atoms with Crippen molar-refractivity contribution in [2.45, 2.75) is 0 Å². The fourth-order valence-electron chi connectivity index (χ4n) is 1.95. The lowest BCUT2D eigenvalue weighted by Crippen LogP contribution is -2.07. The second-order valence-corrected chi connectivity index (χ2v) is 5.97. The van der Waals surface area contributed by atoms with Gasteiger partial charge in [-0.2, -0.15) is 5.10 Å². The Labute approximate surface area is 139 Å². The zero-order chi connectivity index (χ0) is 16.1. The van der Waals surface area contributed by atoms with Crippen molar-refractivity contribution in [2.24, 2.45) is 5.10 Å². The summed E-state index contributed by atoms with van der Waals surface area (Å²) < 4.78 is 0. The van der Waals surface area contributed by atoms with Crippen LogP contribution in [0.15, 0.2) is 59.3 Å². The number of pyridine rings is 1. The van der Waals surface area contributed by atoms with E-state index in [-0.39, 0.29) is 0 Å². The van der Waals surface area contributed by atoms with Gasteiger partial charge in [-0.05, 0) is 29.8 Å². The summed E-state index contributed by atoms with van der Waals surface area (Å²) in [6, 6.07) is 11.9. The van der Waals surface area contributed by atoms with Gasteiger partial charge >= 0.3 is 0 Å². The van der Waals surface area contributed by atoms with E-state index in [4.69, 9.17) is 0 Å². The van der Waals surface area contributed by atoms with Crippen molar-refractivity contribution in [1.29, 1.82) is 0 Å². The Balaban J connectivity index is 1.66. The molecule has 0 spiro atoms. The normalized spacial score (nSPS) is 10.9. The molecule has 5 nitrogen and oxygen atoms in total. The van der Waals surface area contributed by atoms with E-state index in [2.05, 4.69) is 25.9 Å². The molecule has 2 heterocycles. The van der Waals surface area contributed by atoms with Gasteiger partial charge < -0.3 is 4.90 Å². The zero-order valence-corrected chi connectivity index (χ0v) is 13.8. The van der Waals surface area contributed by atoms with Crippen LogP contribution in [0.1, 0.15) is 5.56 Å². The van der Waals surface area contributed by atoms with Gasteiger partial charge in [-0.3, -0.25) is 10.4 Å². The average molecular weight is 323 g/mol. The third-order valence-corrected chi connectivity index (χ3v) is 4.18. The van der Waals surface area contributed by atoms with Crippen LogP contribution in [0.5, 0.6) is 0 Å². The summed E-state index contributed by atoms with van der Waals surface area (Å²) in [4.78, 5) is 10.6. The minimum absolute atomic E-state index is 0.933. The Hall–Kier alpha value is -2.73. The second kappa shape index (κ2) is 7.02. The summed E-state index contributed by atoms with van der Waals surface area (Å²) >= 11 is 1.64. The molecule has 23 heavy (non-hydrogen) atoms. The topological polar surface area (TPSA) is 53.4 Å². The third-order valence-electron chi connectivity index (χ3n) is 3.17. The molecule has 116 valence electrons. The summed E-state index contributed by atoms with van der Waals surface area (Å²) in [5, 5.41) is 7.29. The Morgan fingerprint density at radius 2 is 1.83 bits per heavy atom. The summed E-state index contributed by atoms with van der Waals surface area (Å²) in [5.74, 6) is 0. The Bertz CT molecular complexity index is 778. The van der Waals surface area contributed by atoms with Crippen LogP contribution in [0.3, 0.4) is 0 Å². The molecule has 0 radical (unpaired) electrons. The molecule has 0 unspecified atom stereocenters. The zero-order valence-electron chi connectivity index (χ0n) is 13.0. The first-order valence-corrected chi connectivity index (χ1v) is 8.03. The van der Waals surface area contributed by atoms with Gasteiger partial charge in [0.05, 0.1) is 17.6 Å². The van der Waals surface area contributed by atoms with E-state index in [0.717, 1.165) is 27.6 Å². The number of hydrazone groups is 1. The van der Waals surface area contributed by atoms with Crippen molar-refractivity contribution >= 4 is 28.4 Å². The van der Waals surface area contributed by atoms with Crippen LogP contribution in [0.25, 0.3) is 11.3 Å². The lowest BCUT2D eigenvalue weighted by atomic mass is 10.1. The molecule has 0 aliphatic heterocycles. The number of hydrogen-bond donors (Lipinski definition) is 1. The monoisotopic (exact) mass is 323 g/mol. The van der Waals surface area contributed by atoms with Crippen LogP contribution in [0.2, 0.25) is 0 Å². The van der Waals surface area contributed by atoms with E-state index in [1.54, 1.807) is 29.9 Å². The largest absolute Gasteiger partial charge is 0.354 e. The second-order valence-electron chi connectivity index (χ2n) is 5.14. The summed E-state index contributed by atoms with van der Waals surface area (Å²) in [5.41, 5.74) is 7.04. The number of anilines is 2. The molecule has 1 aromatic carbocycles. The van der Waals surface area contributed by atoms with Gasteiger partial charge in [0.25, 0.3) is 0 Å². The van der Waals surface area contributed by atoms with Crippen molar-refractivity contribution < 1.29 is 0 Å². The van der Waals surface area contributed by atoms with Crippen LogP contribution in [0.4, 0.5) is 10.8 Å². The summed E-state index contributed by atoms with van der Waals surface area (Å²) in [7, 11) is 3.99. The molecule has 0 amide bonds. The van der Waals surface area contributed by atoms with Crippen LogP contribution in [0, 0.1) is 0 Å². The lowest BCUT2D eigenvalue weighted by Gasteiger charge is -2.05. The lowest BCUT2D eigenvalue weighted by molar-refractivity contribution is 1.11. The van der Waals surface area contributed by atoms with E-state index < -0.39 is 0 Å². The molecule has 2 aromatic heterocycles. The minimum Gasteiger partial charge on any atom is -0.354 e. The maximum Gasteiger partial charge on any atom is 0.185 e. The van der Waals surface area contributed by atoms with Crippen LogP contribution in [-0.2, 0) is 0 Å².